The van der Waals surface area contributed by atoms with Gasteiger partial charge in [-0.2, -0.15) is 4.99 Å². The SMILES string of the molecule is CCn1c(=NC(=O)CCCS(=O)(=O)c2ccccc2)sc2cc(OC)c(OC)cc21. The van der Waals surface area contributed by atoms with Gasteiger partial charge in [-0.3, -0.25) is 4.79 Å². The van der Waals surface area contributed by atoms with E-state index in [2.05, 4.69) is 4.99 Å². The molecule has 0 fully saturated rings. The zero-order valence-corrected chi connectivity index (χ0v) is 18.8. The van der Waals surface area contributed by atoms with Crippen LogP contribution in [0, 0.1) is 0 Å². The van der Waals surface area contributed by atoms with Gasteiger partial charge in [0.05, 0.1) is 35.1 Å². The lowest BCUT2D eigenvalue weighted by atomic mass is 10.3. The summed E-state index contributed by atoms with van der Waals surface area (Å²) in [5, 5.41) is 0. The maximum Gasteiger partial charge on any atom is 0.248 e. The Bertz CT molecular complexity index is 1210. The van der Waals surface area contributed by atoms with Crippen LogP contribution in [0.5, 0.6) is 11.5 Å². The summed E-state index contributed by atoms with van der Waals surface area (Å²) in [6.45, 7) is 2.60. The Balaban J connectivity index is 1.79. The average molecular weight is 449 g/mol. The highest BCUT2D eigenvalue weighted by Gasteiger charge is 2.15. The summed E-state index contributed by atoms with van der Waals surface area (Å²) in [6.07, 6.45) is 0.287. The number of aromatic nitrogens is 1. The fourth-order valence-corrected chi connectivity index (χ4v) is 5.56. The van der Waals surface area contributed by atoms with Crippen LogP contribution >= 0.6 is 11.3 Å². The molecule has 1 aromatic heterocycles. The number of methoxy groups -OCH3 is 2. The zero-order chi connectivity index (χ0) is 21.7. The average Bonchev–Trinajstić information content (AvgIpc) is 3.08. The first-order valence-electron chi connectivity index (χ1n) is 9.50. The third-order valence-electron chi connectivity index (χ3n) is 4.63. The van der Waals surface area contributed by atoms with Crippen molar-refractivity contribution < 1.29 is 22.7 Å². The van der Waals surface area contributed by atoms with Crippen LogP contribution in [-0.2, 0) is 21.2 Å². The molecule has 0 radical (unpaired) electrons. The third kappa shape index (κ3) is 4.73. The van der Waals surface area contributed by atoms with Gasteiger partial charge in [-0.25, -0.2) is 8.42 Å². The second-order valence-electron chi connectivity index (χ2n) is 6.54. The quantitative estimate of drug-likeness (QED) is 0.527. The van der Waals surface area contributed by atoms with Gasteiger partial charge in [0.25, 0.3) is 0 Å². The topological polar surface area (TPSA) is 87.0 Å². The van der Waals surface area contributed by atoms with Gasteiger partial charge in [0, 0.05) is 25.1 Å². The second kappa shape index (κ2) is 9.44. The van der Waals surface area contributed by atoms with Gasteiger partial charge < -0.3 is 14.0 Å². The second-order valence-corrected chi connectivity index (χ2v) is 9.66. The molecule has 0 bridgehead atoms. The molecular formula is C21H24N2O5S2. The molecule has 30 heavy (non-hydrogen) atoms. The molecule has 3 rings (SSSR count). The highest BCUT2D eigenvalue weighted by atomic mass is 32.2. The van der Waals surface area contributed by atoms with Gasteiger partial charge in [-0.05, 0) is 25.5 Å². The molecule has 0 aliphatic carbocycles. The molecule has 160 valence electrons. The number of sulfone groups is 1. The smallest absolute Gasteiger partial charge is 0.248 e. The minimum absolute atomic E-state index is 0.0661. The van der Waals surface area contributed by atoms with Crippen LogP contribution in [0.1, 0.15) is 19.8 Å². The number of nitrogens with zero attached hydrogens (tertiary/aromatic N) is 2. The van der Waals surface area contributed by atoms with E-state index in [1.54, 1.807) is 44.6 Å². The minimum Gasteiger partial charge on any atom is -0.493 e. The van der Waals surface area contributed by atoms with Crippen LogP contribution in [0.3, 0.4) is 0 Å². The van der Waals surface area contributed by atoms with E-state index in [9.17, 15) is 13.2 Å². The maximum atomic E-state index is 12.4. The Morgan fingerprint density at radius 2 is 1.77 bits per heavy atom. The van der Waals surface area contributed by atoms with Crippen LogP contribution in [0.25, 0.3) is 10.2 Å². The van der Waals surface area contributed by atoms with Crippen molar-refractivity contribution in [3.8, 4) is 11.5 Å². The minimum atomic E-state index is -3.40. The number of thiazole rings is 1. The van der Waals surface area contributed by atoms with Gasteiger partial charge >= 0.3 is 0 Å². The Morgan fingerprint density at radius 3 is 2.40 bits per heavy atom. The van der Waals surface area contributed by atoms with E-state index in [1.165, 1.54) is 11.3 Å². The molecule has 0 N–H and O–H groups in total. The van der Waals surface area contributed by atoms with Crippen molar-refractivity contribution in [3.63, 3.8) is 0 Å². The largest absolute Gasteiger partial charge is 0.493 e. The fraction of sp³-hybridized carbons (Fsp3) is 0.333. The highest BCUT2D eigenvalue weighted by molar-refractivity contribution is 7.91. The van der Waals surface area contributed by atoms with Crippen LogP contribution in [0.2, 0.25) is 0 Å². The summed E-state index contributed by atoms with van der Waals surface area (Å²) < 4.78 is 38.3. The standard InChI is InChI=1S/C21H24N2O5S2/c1-4-23-16-13-17(27-2)18(28-3)14-19(16)29-21(23)22-20(24)11-8-12-30(25,26)15-9-6-5-7-10-15/h5-7,9-10,13-14H,4,8,11-12H2,1-3H3. The van der Waals surface area contributed by atoms with E-state index in [-0.39, 0.29) is 29.4 Å². The number of benzene rings is 2. The third-order valence-corrected chi connectivity index (χ3v) is 7.49. The normalized spacial score (nSPS) is 12.3. The summed E-state index contributed by atoms with van der Waals surface area (Å²) in [5.74, 6) is 0.783. The molecule has 2 aromatic carbocycles. The number of ether oxygens (including phenoxy) is 2. The lowest BCUT2D eigenvalue weighted by Crippen LogP contribution is -2.16. The lowest BCUT2D eigenvalue weighted by molar-refractivity contribution is -0.118. The van der Waals surface area contributed by atoms with Crippen LogP contribution in [-0.4, -0.2) is 38.9 Å². The molecule has 9 heteroatoms. The van der Waals surface area contributed by atoms with Crippen molar-refractivity contribution in [2.75, 3.05) is 20.0 Å². The van der Waals surface area contributed by atoms with E-state index in [0.717, 1.165) is 10.2 Å². The number of amides is 1. The first kappa shape index (κ1) is 22.0. The molecule has 0 spiro atoms. The molecule has 0 unspecified atom stereocenters. The van der Waals surface area contributed by atoms with Gasteiger partial charge in [0.1, 0.15) is 0 Å². The number of carbonyl (C=O) groups excluding carboxylic acids is 1. The number of aryl methyl sites for hydroxylation is 1. The first-order valence-corrected chi connectivity index (χ1v) is 12.0. The number of rotatable bonds is 8. The molecule has 1 amide bonds. The molecule has 0 saturated heterocycles. The van der Waals surface area contributed by atoms with Crippen LogP contribution in [0.15, 0.2) is 52.4 Å². The summed E-state index contributed by atoms with van der Waals surface area (Å²) in [5.41, 5.74) is 0.901. The van der Waals surface area contributed by atoms with Crippen molar-refractivity contribution in [1.29, 1.82) is 0 Å². The monoisotopic (exact) mass is 448 g/mol. The number of hydrogen-bond donors (Lipinski definition) is 0. The van der Waals surface area contributed by atoms with Gasteiger partial charge in [-0.1, -0.05) is 29.5 Å². The van der Waals surface area contributed by atoms with E-state index in [1.807, 2.05) is 23.6 Å². The molecular weight excluding hydrogens is 424 g/mol. The van der Waals surface area contributed by atoms with E-state index < -0.39 is 9.84 Å². The van der Waals surface area contributed by atoms with Gasteiger partial charge in [0.2, 0.25) is 5.91 Å². The van der Waals surface area contributed by atoms with Crippen molar-refractivity contribution in [2.45, 2.75) is 31.2 Å². The van der Waals surface area contributed by atoms with Crippen molar-refractivity contribution >= 4 is 37.3 Å². The highest BCUT2D eigenvalue weighted by Crippen LogP contribution is 2.33. The van der Waals surface area contributed by atoms with Crippen LogP contribution < -0.4 is 14.3 Å². The summed E-state index contributed by atoms with van der Waals surface area (Å²) >= 11 is 1.38. The van der Waals surface area contributed by atoms with Gasteiger partial charge in [-0.15, -0.1) is 0 Å². The molecule has 0 saturated carbocycles. The van der Waals surface area contributed by atoms with Crippen molar-refractivity contribution in [1.82, 2.24) is 4.57 Å². The predicted molar refractivity (Wildman–Crippen MR) is 117 cm³/mol. The summed E-state index contributed by atoms with van der Waals surface area (Å²) in [6, 6.07) is 12.0. The maximum absolute atomic E-state index is 12.4. The lowest BCUT2D eigenvalue weighted by Gasteiger charge is -2.08. The molecule has 7 nitrogen and oxygen atoms in total. The molecule has 0 atom stereocenters. The van der Waals surface area contributed by atoms with Crippen molar-refractivity contribution in [3.05, 3.63) is 47.3 Å². The Labute approximate surface area is 179 Å². The molecule has 0 aliphatic rings. The number of carbonyl (C=O) groups is 1. The van der Waals surface area contributed by atoms with Crippen LogP contribution in [0.4, 0.5) is 0 Å². The zero-order valence-electron chi connectivity index (χ0n) is 17.1. The number of hydrogen-bond acceptors (Lipinski definition) is 6. The number of fused-ring (bicyclic) bond motifs is 1. The predicted octanol–water partition coefficient (Wildman–Crippen LogP) is 3.42. The van der Waals surface area contributed by atoms with E-state index in [0.29, 0.717) is 22.8 Å². The van der Waals surface area contributed by atoms with Gasteiger partial charge in [0.15, 0.2) is 26.1 Å². The van der Waals surface area contributed by atoms with E-state index in [4.69, 9.17) is 9.47 Å². The first-order chi connectivity index (χ1) is 14.4. The molecule has 3 aromatic rings. The fourth-order valence-electron chi connectivity index (χ4n) is 3.11. The Hall–Kier alpha value is -2.65. The summed E-state index contributed by atoms with van der Waals surface area (Å²) in [4.78, 5) is 17.5. The molecule has 0 aliphatic heterocycles. The van der Waals surface area contributed by atoms with E-state index >= 15 is 0 Å². The Kier molecular flexibility index (Phi) is 6.94. The summed E-state index contributed by atoms with van der Waals surface area (Å²) in [7, 11) is -0.255. The Morgan fingerprint density at radius 1 is 1.10 bits per heavy atom. The molecule has 1 heterocycles. The van der Waals surface area contributed by atoms with Crippen molar-refractivity contribution in [2.24, 2.45) is 4.99 Å².